The molecule has 4 bridgehead atoms. The lowest BCUT2D eigenvalue weighted by atomic mass is 9.48. The van der Waals surface area contributed by atoms with E-state index in [0.29, 0.717) is 0 Å². The van der Waals surface area contributed by atoms with Gasteiger partial charge in [-0.25, -0.2) is 0 Å². The van der Waals surface area contributed by atoms with Gasteiger partial charge in [-0.15, -0.1) is 0 Å². The smallest absolute Gasteiger partial charge is 0.122 e. The Kier molecular flexibility index (Phi) is 3.86. The van der Waals surface area contributed by atoms with Crippen molar-refractivity contribution in [3.05, 3.63) is 65.2 Å². The van der Waals surface area contributed by atoms with Gasteiger partial charge in [-0.1, -0.05) is 36.4 Å². The van der Waals surface area contributed by atoms with Crippen molar-refractivity contribution in [2.24, 2.45) is 17.8 Å². The van der Waals surface area contributed by atoms with Crippen LogP contribution in [0.25, 0.3) is 0 Å². The fourth-order valence-electron chi connectivity index (χ4n) is 6.58. The van der Waals surface area contributed by atoms with Gasteiger partial charge in [0.1, 0.15) is 11.9 Å². The summed E-state index contributed by atoms with van der Waals surface area (Å²) in [6.45, 7) is 0. The third-order valence-electron chi connectivity index (χ3n) is 7.26. The van der Waals surface area contributed by atoms with Crippen LogP contribution in [0.5, 0.6) is 5.75 Å². The van der Waals surface area contributed by atoms with Crippen LogP contribution in [0.1, 0.15) is 61.3 Å². The van der Waals surface area contributed by atoms with Crippen molar-refractivity contribution in [1.29, 1.82) is 0 Å². The molecule has 4 aliphatic carbocycles. The van der Waals surface area contributed by atoms with Crippen LogP contribution in [0.4, 0.5) is 0 Å². The van der Waals surface area contributed by atoms with E-state index in [1.807, 2.05) is 36.4 Å². The van der Waals surface area contributed by atoms with Gasteiger partial charge in [-0.2, -0.15) is 0 Å². The van der Waals surface area contributed by atoms with Gasteiger partial charge in [0.2, 0.25) is 0 Å². The first-order valence-corrected chi connectivity index (χ1v) is 10.1. The maximum absolute atomic E-state index is 10.9. The average molecular weight is 348 g/mol. The minimum atomic E-state index is -0.574. The number of aliphatic hydroxyl groups is 1. The Labute approximate surface area is 156 Å². The maximum Gasteiger partial charge on any atom is 0.122 e. The predicted octanol–water partition coefficient (Wildman–Crippen LogP) is 5.24. The Morgan fingerprint density at radius 2 is 1.50 bits per heavy atom. The SMILES string of the molecule is COc1ccc(C(O)c2ccccc2)cc1C12CC3CC(CC(C3)C1)C2. The van der Waals surface area contributed by atoms with Gasteiger partial charge in [0.05, 0.1) is 7.11 Å². The number of aliphatic hydroxyl groups excluding tert-OH is 1. The fraction of sp³-hybridized carbons (Fsp3) is 0.500. The summed E-state index contributed by atoms with van der Waals surface area (Å²) in [6.07, 6.45) is 7.66. The quantitative estimate of drug-likeness (QED) is 0.818. The van der Waals surface area contributed by atoms with Crippen LogP contribution < -0.4 is 4.74 Å². The van der Waals surface area contributed by atoms with Crippen molar-refractivity contribution in [3.63, 3.8) is 0 Å². The molecule has 6 rings (SSSR count). The van der Waals surface area contributed by atoms with Gasteiger partial charge >= 0.3 is 0 Å². The third-order valence-corrected chi connectivity index (χ3v) is 7.26. The topological polar surface area (TPSA) is 29.5 Å². The summed E-state index contributed by atoms with van der Waals surface area (Å²) < 4.78 is 5.79. The fourth-order valence-corrected chi connectivity index (χ4v) is 6.58. The van der Waals surface area contributed by atoms with Crippen molar-refractivity contribution in [1.82, 2.24) is 0 Å². The van der Waals surface area contributed by atoms with Gasteiger partial charge in [-0.05, 0) is 85.0 Å². The number of ether oxygens (including phenoxy) is 1. The monoisotopic (exact) mass is 348 g/mol. The number of rotatable bonds is 4. The van der Waals surface area contributed by atoms with Crippen LogP contribution in [0, 0.1) is 17.8 Å². The van der Waals surface area contributed by atoms with Crippen LogP contribution in [0.2, 0.25) is 0 Å². The lowest BCUT2D eigenvalue weighted by molar-refractivity contribution is -0.00624. The van der Waals surface area contributed by atoms with Gasteiger partial charge in [0, 0.05) is 5.56 Å². The molecule has 4 saturated carbocycles. The van der Waals surface area contributed by atoms with E-state index in [4.69, 9.17) is 4.74 Å². The molecule has 26 heavy (non-hydrogen) atoms. The summed E-state index contributed by atoms with van der Waals surface area (Å²) in [5.41, 5.74) is 3.57. The largest absolute Gasteiger partial charge is 0.496 e. The van der Waals surface area contributed by atoms with E-state index in [1.165, 1.54) is 44.1 Å². The molecule has 2 nitrogen and oxygen atoms in total. The first-order chi connectivity index (χ1) is 12.7. The molecule has 0 amide bonds. The van der Waals surface area contributed by atoms with E-state index < -0.39 is 6.10 Å². The molecular formula is C24H28O2. The lowest BCUT2D eigenvalue weighted by Gasteiger charge is -2.57. The molecule has 0 aromatic heterocycles. The summed E-state index contributed by atoms with van der Waals surface area (Å²) in [6, 6.07) is 16.3. The highest BCUT2D eigenvalue weighted by Gasteiger charge is 2.52. The number of benzene rings is 2. The molecule has 0 heterocycles. The van der Waals surface area contributed by atoms with Crippen molar-refractivity contribution in [2.75, 3.05) is 7.11 Å². The van der Waals surface area contributed by atoms with Gasteiger partial charge < -0.3 is 9.84 Å². The van der Waals surface area contributed by atoms with Crippen molar-refractivity contribution >= 4 is 0 Å². The summed E-state index contributed by atoms with van der Waals surface area (Å²) in [5.74, 6) is 3.70. The van der Waals surface area contributed by atoms with Gasteiger partial charge in [0.25, 0.3) is 0 Å². The highest BCUT2D eigenvalue weighted by Crippen LogP contribution is 2.62. The second kappa shape index (κ2) is 6.13. The molecule has 2 aromatic rings. The Morgan fingerprint density at radius 1 is 0.885 bits per heavy atom. The third kappa shape index (κ3) is 2.58. The van der Waals surface area contributed by atoms with Crippen molar-refractivity contribution < 1.29 is 9.84 Å². The molecule has 0 radical (unpaired) electrons. The van der Waals surface area contributed by atoms with E-state index >= 15 is 0 Å². The molecule has 0 saturated heterocycles. The first kappa shape index (κ1) is 16.4. The summed E-state index contributed by atoms with van der Waals surface area (Å²) >= 11 is 0. The zero-order chi connectivity index (χ0) is 17.7. The number of hydrogen-bond acceptors (Lipinski definition) is 2. The molecule has 1 atom stereocenters. The molecule has 2 aromatic carbocycles. The standard InChI is InChI=1S/C24H28O2/c1-26-22-8-7-20(23(25)19-5-3-2-4-6-19)12-21(22)24-13-16-9-17(14-24)11-18(10-16)15-24/h2-8,12,16-18,23,25H,9-11,13-15H2,1H3. The van der Waals surface area contributed by atoms with Gasteiger partial charge in [0.15, 0.2) is 0 Å². The van der Waals surface area contributed by atoms with E-state index in [2.05, 4.69) is 12.1 Å². The summed E-state index contributed by atoms with van der Waals surface area (Å²) in [7, 11) is 1.78. The van der Waals surface area contributed by atoms with E-state index in [9.17, 15) is 5.11 Å². The Morgan fingerprint density at radius 3 is 2.08 bits per heavy atom. The van der Waals surface area contributed by atoms with Crippen LogP contribution >= 0.6 is 0 Å². The molecule has 136 valence electrons. The molecule has 0 aliphatic heterocycles. The number of hydrogen-bond donors (Lipinski definition) is 1. The Bertz CT molecular complexity index is 760. The molecular weight excluding hydrogens is 320 g/mol. The zero-order valence-electron chi connectivity index (χ0n) is 15.5. The maximum atomic E-state index is 10.9. The summed E-state index contributed by atoms with van der Waals surface area (Å²) in [5, 5.41) is 10.9. The molecule has 0 spiro atoms. The van der Waals surface area contributed by atoms with Crippen LogP contribution in [-0.4, -0.2) is 12.2 Å². The van der Waals surface area contributed by atoms with Crippen LogP contribution in [-0.2, 0) is 5.41 Å². The molecule has 4 aliphatic rings. The lowest BCUT2D eigenvalue weighted by Crippen LogP contribution is -2.48. The highest BCUT2D eigenvalue weighted by atomic mass is 16.5. The van der Waals surface area contributed by atoms with E-state index in [0.717, 1.165) is 34.6 Å². The Hall–Kier alpha value is -1.80. The highest BCUT2D eigenvalue weighted by molar-refractivity contribution is 5.46. The predicted molar refractivity (Wildman–Crippen MR) is 103 cm³/mol. The minimum absolute atomic E-state index is 0.270. The van der Waals surface area contributed by atoms with E-state index in [-0.39, 0.29) is 5.41 Å². The molecule has 2 heteroatoms. The Balaban J connectivity index is 1.56. The van der Waals surface area contributed by atoms with E-state index in [1.54, 1.807) is 7.11 Å². The van der Waals surface area contributed by atoms with Crippen molar-refractivity contribution in [2.45, 2.75) is 50.0 Å². The average Bonchev–Trinajstić information content (AvgIpc) is 2.66. The zero-order valence-corrected chi connectivity index (χ0v) is 15.5. The molecule has 1 unspecified atom stereocenters. The molecule has 4 fully saturated rings. The minimum Gasteiger partial charge on any atom is -0.496 e. The van der Waals surface area contributed by atoms with Crippen LogP contribution in [0.15, 0.2) is 48.5 Å². The molecule has 1 N–H and O–H groups in total. The second-order valence-electron chi connectivity index (χ2n) is 8.97. The van der Waals surface area contributed by atoms with Gasteiger partial charge in [-0.3, -0.25) is 0 Å². The normalized spacial score (nSPS) is 33.2. The number of methoxy groups -OCH3 is 1. The summed E-state index contributed by atoms with van der Waals surface area (Å²) in [4.78, 5) is 0. The second-order valence-corrected chi connectivity index (χ2v) is 8.97. The van der Waals surface area contributed by atoms with Crippen LogP contribution in [0.3, 0.4) is 0 Å². The van der Waals surface area contributed by atoms with Crippen molar-refractivity contribution in [3.8, 4) is 5.75 Å². The first-order valence-electron chi connectivity index (χ1n) is 10.1.